The lowest BCUT2D eigenvalue weighted by Gasteiger charge is -2.34. The molecule has 1 fully saturated rings. The van der Waals surface area contributed by atoms with E-state index in [1.165, 1.54) is 16.1 Å². The van der Waals surface area contributed by atoms with Gasteiger partial charge in [0.25, 0.3) is 5.91 Å². The Labute approximate surface area is 158 Å². The number of carbonyl (C=O) groups is 1. The fraction of sp³-hybridized carbons (Fsp3) is 0.562. The van der Waals surface area contributed by atoms with Crippen LogP contribution in [0.1, 0.15) is 25.1 Å². The fourth-order valence-electron chi connectivity index (χ4n) is 2.85. The van der Waals surface area contributed by atoms with E-state index in [4.69, 9.17) is 0 Å². The summed E-state index contributed by atoms with van der Waals surface area (Å²) in [4.78, 5) is 19.0. The minimum absolute atomic E-state index is 0.110. The minimum Gasteiger partial charge on any atom is -0.348 e. The number of hydrogen-bond acceptors (Lipinski definition) is 6. The number of amidine groups is 1. The summed E-state index contributed by atoms with van der Waals surface area (Å²) in [5.74, 6) is -0.143. The van der Waals surface area contributed by atoms with E-state index in [2.05, 4.69) is 10.1 Å². The molecule has 2 aliphatic rings. The summed E-state index contributed by atoms with van der Waals surface area (Å²) < 4.78 is 27.2. The van der Waals surface area contributed by atoms with Crippen LogP contribution in [0.4, 0.5) is 0 Å². The van der Waals surface area contributed by atoms with Crippen LogP contribution in [-0.4, -0.2) is 70.4 Å². The summed E-state index contributed by atoms with van der Waals surface area (Å²) in [5.41, 5.74) is 1.79. The summed E-state index contributed by atoms with van der Waals surface area (Å²) in [7, 11) is -3.16. The lowest BCUT2D eigenvalue weighted by Crippen LogP contribution is -2.50. The third-order valence-electron chi connectivity index (χ3n) is 4.47. The smallest absolute Gasteiger partial charge is 0.286 e. The molecule has 0 bridgehead atoms. The zero-order chi connectivity index (χ0) is 18.9. The highest BCUT2D eigenvalue weighted by Gasteiger charge is 2.31. The second-order valence-electron chi connectivity index (χ2n) is 6.12. The summed E-state index contributed by atoms with van der Waals surface area (Å²) in [6, 6.07) is 0. The Morgan fingerprint density at radius 2 is 1.92 bits per heavy atom. The predicted molar refractivity (Wildman–Crippen MR) is 103 cm³/mol. The molecule has 0 N–H and O–H groups in total. The van der Waals surface area contributed by atoms with Crippen molar-refractivity contribution in [3.05, 3.63) is 22.4 Å². The maximum atomic E-state index is 12.3. The number of amides is 1. The molecule has 8 nitrogen and oxygen atoms in total. The van der Waals surface area contributed by atoms with Crippen LogP contribution >= 0.6 is 11.8 Å². The van der Waals surface area contributed by atoms with E-state index in [1.54, 1.807) is 6.92 Å². The maximum absolute atomic E-state index is 12.3. The Morgan fingerprint density at radius 1 is 1.23 bits per heavy atom. The van der Waals surface area contributed by atoms with Gasteiger partial charge in [-0.3, -0.25) is 9.48 Å². The minimum atomic E-state index is -3.16. The number of hydrogen-bond donors (Lipinski definition) is 0. The van der Waals surface area contributed by atoms with Crippen LogP contribution in [0.25, 0.3) is 6.08 Å². The van der Waals surface area contributed by atoms with E-state index in [0.717, 1.165) is 17.8 Å². The zero-order valence-electron chi connectivity index (χ0n) is 15.2. The number of sulfonamides is 1. The number of aryl methyl sites for hydroxylation is 2. The highest BCUT2D eigenvalue weighted by atomic mass is 32.2. The Morgan fingerprint density at radius 3 is 2.50 bits per heavy atom. The first-order chi connectivity index (χ1) is 12.3. The monoisotopic (exact) mass is 397 g/mol. The van der Waals surface area contributed by atoms with Crippen molar-refractivity contribution >= 4 is 38.9 Å². The quantitative estimate of drug-likeness (QED) is 0.708. The van der Waals surface area contributed by atoms with Gasteiger partial charge in [-0.2, -0.15) is 14.4 Å². The van der Waals surface area contributed by atoms with E-state index >= 15 is 0 Å². The molecule has 26 heavy (non-hydrogen) atoms. The van der Waals surface area contributed by atoms with Gasteiger partial charge in [0.05, 0.1) is 16.4 Å². The summed E-state index contributed by atoms with van der Waals surface area (Å²) in [6.07, 6.45) is 3.75. The van der Waals surface area contributed by atoms with Crippen LogP contribution in [0.2, 0.25) is 0 Å². The molecule has 3 heterocycles. The SMILES string of the molecule is CCn1cc(/C=C2\SC(N3CCN(S(=O)(=O)CC)CC3)=NC2=O)c(C)n1. The summed E-state index contributed by atoms with van der Waals surface area (Å²) >= 11 is 1.34. The van der Waals surface area contributed by atoms with Gasteiger partial charge in [-0.05, 0) is 38.6 Å². The standard InChI is InChI=1S/C16H23N5O3S2/c1-4-20-11-13(12(3)18-20)10-14-15(22)17-16(25-14)19-6-8-21(9-7-19)26(23,24)5-2/h10-11H,4-9H2,1-3H3/b14-10-. The lowest BCUT2D eigenvalue weighted by molar-refractivity contribution is -0.113. The molecule has 1 aromatic heterocycles. The molecule has 0 unspecified atom stereocenters. The largest absolute Gasteiger partial charge is 0.348 e. The van der Waals surface area contributed by atoms with Crippen molar-refractivity contribution in [2.75, 3.05) is 31.9 Å². The van der Waals surface area contributed by atoms with Crippen LogP contribution in [-0.2, 0) is 21.4 Å². The lowest BCUT2D eigenvalue weighted by atomic mass is 10.2. The average Bonchev–Trinajstić information content (AvgIpc) is 3.18. The van der Waals surface area contributed by atoms with Gasteiger partial charge in [0, 0.05) is 44.5 Å². The Balaban J connectivity index is 1.67. The molecule has 0 atom stereocenters. The summed E-state index contributed by atoms with van der Waals surface area (Å²) in [6.45, 7) is 8.28. The van der Waals surface area contributed by atoms with E-state index < -0.39 is 10.0 Å². The molecule has 1 amide bonds. The third kappa shape index (κ3) is 3.86. The van der Waals surface area contributed by atoms with Crippen molar-refractivity contribution in [1.29, 1.82) is 0 Å². The molecule has 3 rings (SSSR count). The molecule has 0 aromatic carbocycles. The molecule has 142 valence electrons. The van der Waals surface area contributed by atoms with Crippen LogP contribution in [0.3, 0.4) is 0 Å². The highest BCUT2D eigenvalue weighted by Crippen LogP contribution is 2.31. The van der Waals surface area contributed by atoms with Crippen LogP contribution < -0.4 is 0 Å². The number of aliphatic imine (C=N–C) groups is 1. The van der Waals surface area contributed by atoms with Crippen molar-refractivity contribution in [2.45, 2.75) is 27.3 Å². The molecule has 1 aromatic rings. The topological polar surface area (TPSA) is 87.9 Å². The zero-order valence-corrected chi connectivity index (χ0v) is 16.8. The predicted octanol–water partition coefficient (Wildman–Crippen LogP) is 1.15. The van der Waals surface area contributed by atoms with Gasteiger partial charge >= 0.3 is 0 Å². The van der Waals surface area contributed by atoms with Gasteiger partial charge < -0.3 is 4.90 Å². The van der Waals surface area contributed by atoms with E-state index in [0.29, 0.717) is 36.3 Å². The Bertz CT molecular complexity index is 864. The second-order valence-corrected chi connectivity index (χ2v) is 9.39. The van der Waals surface area contributed by atoms with Gasteiger partial charge in [-0.25, -0.2) is 8.42 Å². The van der Waals surface area contributed by atoms with Gasteiger partial charge in [0.2, 0.25) is 10.0 Å². The van der Waals surface area contributed by atoms with Crippen molar-refractivity contribution < 1.29 is 13.2 Å². The molecule has 0 aliphatic carbocycles. The molecule has 1 saturated heterocycles. The number of aromatic nitrogens is 2. The normalized spacial score (nSPS) is 20.9. The molecular formula is C16H23N5O3S2. The van der Waals surface area contributed by atoms with E-state index in [9.17, 15) is 13.2 Å². The van der Waals surface area contributed by atoms with Crippen LogP contribution in [0, 0.1) is 6.92 Å². The molecule has 0 spiro atoms. The maximum Gasteiger partial charge on any atom is 0.286 e. The van der Waals surface area contributed by atoms with Crippen molar-refractivity contribution in [1.82, 2.24) is 19.0 Å². The Kier molecular flexibility index (Phi) is 5.54. The molecule has 10 heteroatoms. The van der Waals surface area contributed by atoms with Crippen molar-refractivity contribution in [3.63, 3.8) is 0 Å². The first-order valence-electron chi connectivity index (χ1n) is 8.63. The van der Waals surface area contributed by atoms with Crippen molar-refractivity contribution in [2.24, 2.45) is 4.99 Å². The van der Waals surface area contributed by atoms with Crippen LogP contribution in [0.15, 0.2) is 16.1 Å². The second kappa shape index (κ2) is 7.53. The van der Waals surface area contributed by atoms with E-state index in [-0.39, 0.29) is 11.7 Å². The van der Waals surface area contributed by atoms with E-state index in [1.807, 2.05) is 35.7 Å². The Hall–Kier alpha value is -1.65. The van der Waals surface area contributed by atoms with Crippen molar-refractivity contribution in [3.8, 4) is 0 Å². The molecule has 0 radical (unpaired) electrons. The van der Waals surface area contributed by atoms with Gasteiger partial charge in [0.1, 0.15) is 0 Å². The van der Waals surface area contributed by atoms with Gasteiger partial charge in [-0.15, -0.1) is 0 Å². The van der Waals surface area contributed by atoms with Gasteiger partial charge in [0.15, 0.2) is 5.17 Å². The number of rotatable bonds is 4. The molecule has 0 saturated carbocycles. The first-order valence-corrected chi connectivity index (χ1v) is 11.1. The molecular weight excluding hydrogens is 374 g/mol. The number of carbonyl (C=O) groups excluding carboxylic acids is 1. The number of thioether (sulfide) groups is 1. The highest BCUT2D eigenvalue weighted by molar-refractivity contribution is 8.18. The first kappa shape index (κ1) is 19.1. The average molecular weight is 398 g/mol. The van der Waals surface area contributed by atoms with Gasteiger partial charge in [-0.1, -0.05) is 0 Å². The number of nitrogens with zero attached hydrogens (tertiary/aromatic N) is 5. The third-order valence-corrected chi connectivity index (χ3v) is 7.40. The fourth-order valence-corrected chi connectivity index (χ4v) is 4.89. The van der Waals surface area contributed by atoms with Crippen LogP contribution in [0.5, 0.6) is 0 Å². The summed E-state index contributed by atoms with van der Waals surface area (Å²) in [5, 5.41) is 5.03. The number of piperazine rings is 1. The molecule has 2 aliphatic heterocycles.